The Morgan fingerprint density at radius 1 is 1.13 bits per heavy atom. The van der Waals surface area contributed by atoms with Crippen molar-refractivity contribution in [2.45, 2.75) is 70.6 Å². The van der Waals surface area contributed by atoms with Crippen LogP contribution in [-0.4, -0.2) is 48.9 Å². The van der Waals surface area contributed by atoms with Gasteiger partial charge in [-0.15, -0.1) is 0 Å². The molecule has 0 saturated heterocycles. The fourth-order valence-corrected chi connectivity index (χ4v) is 5.01. The zero-order valence-corrected chi connectivity index (χ0v) is 19.4. The maximum Gasteiger partial charge on any atom is 0.251 e. The van der Waals surface area contributed by atoms with Gasteiger partial charge in [-0.3, -0.25) is 4.79 Å². The number of nitrogens with zero attached hydrogens (tertiary/aromatic N) is 1. The molecule has 0 fully saturated rings. The number of unbranched alkanes of at least 4 members (excludes halogenated alkanes) is 2. The molecule has 172 valence electrons. The summed E-state index contributed by atoms with van der Waals surface area (Å²) >= 11 is 0. The summed E-state index contributed by atoms with van der Waals surface area (Å²) in [4.78, 5) is 12.6. The summed E-state index contributed by atoms with van der Waals surface area (Å²) in [7, 11) is -3.20. The molecule has 31 heavy (non-hydrogen) atoms. The molecule has 2 aromatic rings. The second-order valence-corrected chi connectivity index (χ2v) is 10.9. The van der Waals surface area contributed by atoms with Crippen LogP contribution in [0.15, 0.2) is 18.2 Å². The van der Waals surface area contributed by atoms with E-state index in [9.17, 15) is 18.3 Å². The lowest BCUT2D eigenvalue weighted by Crippen LogP contribution is -2.31. The Bertz CT molecular complexity index is 1010. The van der Waals surface area contributed by atoms with Crippen molar-refractivity contribution in [3.8, 4) is 0 Å². The van der Waals surface area contributed by atoms with Gasteiger partial charge in [0, 0.05) is 41.8 Å². The van der Waals surface area contributed by atoms with Crippen LogP contribution in [0.1, 0.15) is 67.6 Å². The van der Waals surface area contributed by atoms with E-state index in [4.69, 9.17) is 0 Å². The maximum atomic E-state index is 12.6. The molecule has 0 radical (unpaired) electrons. The van der Waals surface area contributed by atoms with E-state index in [1.807, 2.05) is 18.2 Å². The molecule has 1 amide bonds. The number of nitrogens with one attached hydrogen (secondary N) is 2. The largest absolute Gasteiger partial charge is 0.395 e. The Morgan fingerprint density at radius 2 is 1.87 bits per heavy atom. The summed E-state index contributed by atoms with van der Waals surface area (Å²) in [6, 6.07) is 5.85. The predicted molar refractivity (Wildman–Crippen MR) is 124 cm³/mol. The lowest BCUT2D eigenvalue weighted by Gasteiger charge is -2.15. The minimum atomic E-state index is -3.20. The monoisotopic (exact) mass is 449 g/mol. The van der Waals surface area contributed by atoms with Crippen molar-refractivity contribution < 1.29 is 18.3 Å². The van der Waals surface area contributed by atoms with Gasteiger partial charge in [0.25, 0.3) is 5.91 Å². The fourth-order valence-electron chi connectivity index (χ4n) is 4.24. The lowest BCUT2D eigenvalue weighted by atomic mass is 9.95. The highest BCUT2D eigenvalue weighted by atomic mass is 32.2. The minimum Gasteiger partial charge on any atom is -0.395 e. The Labute approximate surface area is 185 Å². The standard InChI is InChI=1S/C23H35N3O4S/c1-17(2)31(29,30)25-13-7-3-6-12-24-23(28)18-10-11-22-20(16-18)19-8-4-5-9-21(19)26(22)14-15-27/h10-11,16-17,25,27H,3-9,12-15H2,1-2H3,(H,24,28). The number of fused-ring (bicyclic) bond motifs is 3. The van der Waals surface area contributed by atoms with Gasteiger partial charge in [0.1, 0.15) is 0 Å². The van der Waals surface area contributed by atoms with Gasteiger partial charge in [-0.2, -0.15) is 0 Å². The smallest absolute Gasteiger partial charge is 0.251 e. The zero-order valence-electron chi connectivity index (χ0n) is 18.6. The number of aromatic nitrogens is 1. The summed E-state index contributed by atoms with van der Waals surface area (Å²) in [6.45, 7) is 5.01. The van der Waals surface area contributed by atoms with Crippen molar-refractivity contribution in [1.29, 1.82) is 0 Å². The summed E-state index contributed by atoms with van der Waals surface area (Å²) in [5.74, 6) is -0.0816. The topological polar surface area (TPSA) is 100 Å². The van der Waals surface area contributed by atoms with Crippen LogP contribution in [-0.2, 0) is 29.4 Å². The van der Waals surface area contributed by atoms with Crippen molar-refractivity contribution in [3.63, 3.8) is 0 Å². The second kappa shape index (κ2) is 10.6. The molecular weight excluding hydrogens is 414 g/mol. The van der Waals surface area contributed by atoms with E-state index in [1.165, 1.54) is 17.7 Å². The van der Waals surface area contributed by atoms with Crippen LogP contribution in [0.25, 0.3) is 10.9 Å². The summed E-state index contributed by atoms with van der Waals surface area (Å²) in [5, 5.41) is 13.1. The fraction of sp³-hybridized carbons (Fsp3) is 0.609. The molecule has 0 spiro atoms. The van der Waals surface area contributed by atoms with Gasteiger partial charge < -0.3 is 15.0 Å². The summed E-state index contributed by atoms with van der Waals surface area (Å²) in [5.41, 5.74) is 4.39. The molecule has 1 heterocycles. The molecule has 1 aromatic heterocycles. The van der Waals surface area contributed by atoms with Crippen molar-refractivity contribution in [2.75, 3.05) is 19.7 Å². The first-order chi connectivity index (χ1) is 14.8. The van der Waals surface area contributed by atoms with Crippen molar-refractivity contribution in [2.24, 2.45) is 0 Å². The number of benzene rings is 1. The van der Waals surface area contributed by atoms with Gasteiger partial charge in [-0.05, 0) is 76.1 Å². The summed E-state index contributed by atoms with van der Waals surface area (Å²) in [6.07, 6.45) is 6.78. The number of aryl methyl sites for hydroxylation is 1. The van der Waals surface area contributed by atoms with E-state index in [1.54, 1.807) is 13.8 Å². The van der Waals surface area contributed by atoms with E-state index >= 15 is 0 Å². The molecule has 8 heteroatoms. The molecule has 0 unspecified atom stereocenters. The van der Waals surface area contributed by atoms with Crippen LogP contribution in [0, 0.1) is 0 Å². The summed E-state index contributed by atoms with van der Waals surface area (Å²) < 4.78 is 28.2. The minimum absolute atomic E-state index is 0.0816. The number of carbonyl (C=O) groups is 1. The quantitative estimate of drug-likeness (QED) is 0.459. The Hall–Kier alpha value is -1.90. The van der Waals surface area contributed by atoms with Gasteiger partial charge in [-0.1, -0.05) is 6.42 Å². The van der Waals surface area contributed by atoms with E-state index in [-0.39, 0.29) is 12.5 Å². The number of aliphatic hydroxyl groups excluding tert-OH is 1. The van der Waals surface area contributed by atoms with Crippen molar-refractivity contribution in [1.82, 2.24) is 14.6 Å². The number of sulfonamides is 1. The number of rotatable bonds is 11. The first-order valence-corrected chi connectivity index (χ1v) is 12.9. The molecule has 0 saturated carbocycles. The van der Waals surface area contributed by atoms with Gasteiger partial charge in [0.15, 0.2) is 0 Å². The zero-order chi connectivity index (χ0) is 22.4. The average molecular weight is 450 g/mol. The molecule has 3 rings (SSSR count). The molecule has 1 aromatic carbocycles. The molecule has 0 aliphatic heterocycles. The molecule has 0 bridgehead atoms. The van der Waals surface area contributed by atoms with Gasteiger partial charge in [0.2, 0.25) is 10.0 Å². The third kappa shape index (κ3) is 5.67. The van der Waals surface area contributed by atoms with Crippen molar-refractivity contribution in [3.05, 3.63) is 35.0 Å². The van der Waals surface area contributed by atoms with Gasteiger partial charge in [-0.25, -0.2) is 13.1 Å². The molecule has 0 atom stereocenters. The van der Waals surface area contributed by atoms with E-state index in [2.05, 4.69) is 14.6 Å². The predicted octanol–water partition coefficient (Wildman–Crippen LogP) is 2.74. The van der Waals surface area contributed by atoms with Crippen LogP contribution < -0.4 is 10.0 Å². The number of aliphatic hydroxyl groups is 1. The number of amides is 1. The van der Waals surface area contributed by atoms with Gasteiger partial charge >= 0.3 is 0 Å². The van der Waals surface area contributed by atoms with Crippen molar-refractivity contribution >= 4 is 26.8 Å². The Balaban J connectivity index is 1.53. The van der Waals surface area contributed by atoms with Crippen LogP contribution in [0.2, 0.25) is 0 Å². The molecule has 7 nitrogen and oxygen atoms in total. The molecule has 3 N–H and O–H groups in total. The average Bonchev–Trinajstić information content (AvgIpc) is 3.06. The molecule has 1 aliphatic rings. The third-order valence-corrected chi connectivity index (χ3v) is 7.87. The Kier molecular flexibility index (Phi) is 8.13. The van der Waals surface area contributed by atoms with Crippen LogP contribution >= 0.6 is 0 Å². The Morgan fingerprint density at radius 3 is 2.61 bits per heavy atom. The number of carbonyl (C=O) groups excluding carboxylic acids is 1. The first-order valence-electron chi connectivity index (χ1n) is 11.4. The highest BCUT2D eigenvalue weighted by Crippen LogP contribution is 2.32. The van der Waals surface area contributed by atoms with Gasteiger partial charge in [0.05, 0.1) is 11.9 Å². The lowest BCUT2D eigenvalue weighted by molar-refractivity contribution is 0.0953. The number of hydrogen-bond donors (Lipinski definition) is 3. The van der Waals surface area contributed by atoms with Crippen LogP contribution in [0.3, 0.4) is 0 Å². The molecule has 1 aliphatic carbocycles. The number of hydrogen-bond acceptors (Lipinski definition) is 4. The normalized spacial score (nSPS) is 14.2. The van der Waals surface area contributed by atoms with Crippen LogP contribution in [0.4, 0.5) is 0 Å². The SMILES string of the molecule is CC(C)S(=O)(=O)NCCCCCNC(=O)c1ccc2c(c1)c1c(n2CCO)CCCC1. The van der Waals surface area contributed by atoms with E-state index in [0.29, 0.717) is 25.2 Å². The highest BCUT2D eigenvalue weighted by Gasteiger charge is 2.21. The second-order valence-electron chi connectivity index (χ2n) is 8.54. The molecular formula is C23H35N3O4S. The highest BCUT2D eigenvalue weighted by molar-refractivity contribution is 7.90. The van der Waals surface area contributed by atoms with E-state index < -0.39 is 15.3 Å². The third-order valence-electron chi connectivity index (χ3n) is 6.03. The maximum absolute atomic E-state index is 12.6. The van der Waals surface area contributed by atoms with Crippen LogP contribution in [0.5, 0.6) is 0 Å². The first kappa shape index (κ1) is 23.8. The van der Waals surface area contributed by atoms with E-state index in [0.717, 1.165) is 49.4 Å².